The number of sulfonamides is 1. The van der Waals surface area contributed by atoms with E-state index in [4.69, 9.17) is 5.11 Å². The first-order valence-corrected chi connectivity index (χ1v) is 7.42. The van der Waals surface area contributed by atoms with Gasteiger partial charge < -0.3 is 5.11 Å². The Bertz CT molecular complexity index is 474. The van der Waals surface area contributed by atoms with E-state index in [2.05, 4.69) is 14.9 Å². The number of aromatic nitrogens is 2. The third-order valence-corrected chi connectivity index (χ3v) is 4.63. The van der Waals surface area contributed by atoms with Crippen molar-refractivity contribution in [1.82, 2.24) is 14.9 Å². The van der Waals surface area contributed by atoms with E-state index in [0.717, 1.165) is 0 Å². The van der Waals surface area contributed by atoms with Gasteiger partial charge in [0.15, 0.2) is 0 Å². The molecular formula is C11H21N3O3S. The van der Waals surface area contributed by atoms with Crippen LogP contribution in [0.25, 0.3) is 0 Å². The second kappa shape index (κ2) is 5.81. The largest absolute Gasteiger partial charge is 0.396 e. The first-order valence-electron chi connectivity index (χ1n) is 5.94. The average Bonchev–Trinajstić information content (AvgIpc) is 2.58. The van der Waals surface area contributed by atoms with Crippen molar-refractivity contribution in [2.24, 2.45) is 5.92 Å². The lowest BCUT2D eigenvalue weighted by Gasteiger charge is -2.21. The molecule has 18 heavy (non-hydrogen) atoms. The third kappa shape index (κ3) is 3.30. The molecule has 104 valence electrons. The number of aliphatic hydroxyl groups excluding tert-OH is 1. The highest BCUT2D eigenvalue weighted by Crippen LogP contribution is 2.18. The number of hydrogen-bond donors (Lipinski definition) is 3. The van der Waals surface area contributed by atoms with Crippen LogP contribution < -0.4 is 4.72 Å². The van der Waals surface area contributed by atoms with Crippen molar-refractivity contribution in [1.29, 1.82) is 0 Å². The fourth-order valence-corrected chi connectivity index (χ4v) is 3.65. The lowest BCUT2D eigenvalue weighted by Crippen LogP contribution is -2.39. The lowest BCUT2D eigenvalue weighted by atomic mass is 10.0. The van der Waals surface area contributed by atoms with E-state index in [-0.39, 0.29) is 23.5 Å². The van der Waals surface area contributed by atoms with Crippen LogP contribution in [0.5, 0.6) is 0 Å². The van der Waals surface area contributed by atoms with Gasteiger partial charge in [-0.2, -0.15) is 5.10 Å². The van der Waals surface area contributed by atoms with Crippen molar-refractivity contribution in [2.45, 2.75) is 45.1 Å². The number of rotatable bonds is 6. The van der Waals surface area contributed by atoms with Gasteiger partial charge >= 0.3 is 0 Å². The molecule has 0 aliphatic carbocycles. The van der Waals surface area contributed by atoms with Gasteiger partial charge in [0.2, 0.25) is 10.0 Å². The van der Waals surface area contributed by atoms with Gasteiger partial charge in [0.05, 0.1) is 11.4 Å². The van der Waals surface area contributed by atoms with E-state index in [1.54, 1.807) is 13.8 Å². The van der Waals surface area contributed by atoms with E-state index in [1.165, 1.54) is 0 Å². The molecule has 3 N–H and O–H groups in total. The Morgan fingerprint density at radius 2 is 2.00 bits per heavy atom. The number of aryl methyl sites for hydroxylation is 2. The summed E-state index contributed by atoms with van der Waals surface area (Å²) in [6.07, 6.45) is 0.396. The summed E-state index contributed by atoms with van der Waals surface area (Å²) in [5.74, 6) is 0.111. The van der Waals surface area contributed by atoms with E-state index in [1.807, 2.05) is 13.8 Å². The maximum Gasteiger partial charge on any atom is 0.244 e. The second-order valence-electron chi connectivity index (χ2n) is 4.75. The minimum absolute atomic E-state index is 0.0469. The number of aromatic amines is 1. The molecule has 0 aliphatic rings. The van der Waals surface area contributed by atoms with Crippen molar-refractivity contribution in [2.75, 3.05) is 6.61 Å². The Hall–Kier alpha value is -0.920. The molecule has 1 aromatic rings. The van der Waals surface area contributed by atoms with Gasteiger partial charge in [-0.25, -0.2) is 13.1 Å². The van der Waals surface area contributed by atoms with Crippen LogP contribution in [0.3, 0.4) is 0 Å². The van der Waals surface area contributed by atoms with Crippen LogP contribution in [0, 0.1) is 19.8 Å². The van der Waals surface area contributed by atoms with Crippen LogP contribution in [0.15, 0.2) is 4.90 Å². The fraction of sp³-hybridized carbons (Fsp3) is 0.727. The van der Waals surface area contributed by atoms with Crippen molar-refractivity contribution < 1.29 is 13.5 Å². The van der Waals surface area contributed by atoms with E-state index in [9.17, 15) is 8.42 Å². The lowest BCUT2D eigenvalue weighted by molar-refractivity contribution is 0.256. The minimum atomic E-state index is -3.60. The summed E-state index contributed by atoms with van der Waals surface area (Å²) < 4.78 is 27.2. The summed E-state index contributed by atoms with van der Waals surface area (Å²) in [5.41, 5.74) is 0.970. The maximum atomic E-state index is 12.3. The first-order chi connectivity index (χ1) is 8.29. The standard InChI is InChI=1S/C11H21N3O3S/c1-7(2)10(5-6-15)14-18(16,17)11-8(3)12-13-9(11)4/h7,10,14-15H,5-6H2,1-4H3,(H,12,13). The van der Waals surface area contributed by atoms with Gasteiger partial charge in [0.1, 0.15) is 4.90 Å². The molecule has 0 spiro atoms. The normalized spacial score (nSPS) is 14.1. The molecule has 1 atom stereocenters. The Balaban J connectivity index is 3.01. The summed E-state index contributed by atoms with van der Waals surface area (Å²) in [4.78, 5) is 0.200. The predicted octanol–water partition coefficient (Wildman–Crippen LogP) is 0.712. The molecule has 0 radical (unpaired) electrons. The van der Waals surface area contributed by atoms with Gasteiger partial charge in [-0.15, -0.1) is 0 Å². The van der Waals surface area contributed by atoms with Gasteiger partial charge in [-0.1, -0.05) is 13.8 Å². The second-order valence-corrected chi connectivity index (χ2v) is 6.40. The summed E-state index contributed by atoms with van der Waals surface area (Å²) in [7, 11) is -3.60. The highest BCUT2D eigenvalue weighted by Gasteiger charge is 2.26. The zero-order valence-corrected chi connectivity index (χ0v) is 12.0. The molecule has 1 heterocycles. The number of H-pyrrole nitrogens is 1. The summed E-state index contributed by atoms with van der Waals surface area (Å²) >= 11 is 0. The zero-order valence-electron chi connectivity index (χ0n) is 11.2. The number of hydrogen-bond acceptors (Lipinski definition) is 4. The molecule has 0 amide bonds. The minimum Gasteiger partial charge on any atom is -0.396 e. The van der Waals surface area contributed by atoms with Gasteiger partial charge in [0.25, 0.3) is 0 Å². The van der Waals surface area contributed by atoms with Crippen molar-refractivity contribution in [3.8, 4) is 0 Å². The van der Waals surface area contributed by atoms with Crippen LogP contribution in [-0.4, -0.2) is 36.4 Å². The summed E-state index contributed by atoms with van der Waals surface area (Å²) in [6, 6.07) is -0.284. The molecule has 0 aliphatic heterocycles. The van der Waals surface area contributed by atoms with Crippen LogP contribution >= 0.6 is 0 Å². The Morgan fingerprint density at radius 1 is 1.39 bits per heavy atom. The van der Waals surface area contributed by atoms with E-state index < -0.39 is 10.0 Å². The number of aliphatic hydroxyl groups is 1. The Labute approximate surface area is 108 Å². The predicted molar refractivity (Wildman–Crippen MR) is 68.7 cm³/mol. The van der Waals surface area contributed by atoms with Crippen molar-refractivity contribution in [3.05, 3.63) is 11.4 Å². The molecule has 6 nitrogen and oxygen atoms in total. The molecule has 1 unspecified atom stereocenters. The molecule has 0 aromatic carbocycles. The highest BCUT2D eigenvalue weighted by atomic mass is 32.2. The average molecular weight is 275 g/mol. The molecule has 1 aromatic heterocycles. The molecule has 0 fully saturated rings. The van der Waals surface area contributed by atoms with E-state index >= 15 is 0 Å². The Morgan fingerprint density at radius 3 is 2.39 bits per heavy atom. The molecule has 1 rings (SSSR count). The van der Waals surface area contributed by atoms with Crippen molar-refractivity contribution >= 4 is 10.0 Å². The van der Waals surface area contributed by atoms with Crippen molar-refractivity contribution in [3.63, 3.8) is 0 Å². The zero-order chi connectivity index (χ0) is 13.9. The number of nitrogens with zero attached hydrogens (tertiary/aromatic N) is 1. The Kier molecular flexibility index (Phi) is 4.89. The fourth-order valence-electron chi connectivity index (χ4n) is 1.86. The molecule has 0 bridgehead atoms. The van der Waals surface area contributed by atoms with Crippen LogP contribution in [0.2, 0.25) is 0 Å². The smallest absolute Gasteiger partial charge is 0.244 e. The quantitative estimate of drug-likeness (QED) is 0.712. The number of nitrogens with one attached hydrogen (secondary N) is 2. The van der Waals surface area contributed by atoms with E-state index in [0.29, 0.717) is 17.8 Å². The third-order valence-electron chi connectivity index (χ3n) is 2.88. The summed E-state index contributed by atoms with van der Waals surface area (Å²) in [5, 5.41) is 15.5. The van der Waals surface area contributed by atoms with Gasteiger partial charge in [0, 0.05) is 12.6 Å². The van der Waals surface area contributed by atoms with Crippen LogP contribution in [0.4, 0.5) is 0 Å². The topological polar surface area (TPSA) is 95.1 Å². The maximum absolute atomic E-state index is 12.3. The van der Waals surface area contributed by atoms with Crippen LogP contribution in [-0.2, 0) is 10.0 Å². The molecule has 7 heteroatoms. The summed E-state index contributed by atoms with van der Waals surface area (Å²) in [6.45, 7) is 7.10. The molecule has 0 saturated carbocycles. The van der Waals surface area contributed by atoms with Gasteiger partial charge in [-0.05, 0) is 26.2 Å². The van der Waals surface area contributed by atoms with Gasteiger partial charge in [-0.3, -0.25) is 5.10 Å². The molecular weight excluding hydrogens is 254 g/mol. The van der Waals surface area contributed by atoms with Crippen LogP contribution in [0.1, 0.15) is 31.7 Å². The molecule has 0 saturated heterocycles. The first kappa shape index (κ1) is 15.1. The highest BCUT2D eigenvalue weighted by molar-refractivity contribution is 7.89. The SMILES string of the molecule is Cc1n[nH]c(C)c1S(=O)(=O)NC(CCO)C(C)C. The monoisotopic (exact) mass is 275 g/mol.